The van der Waals surface area contributed by atoms with E-state index < -0.39 is 0 Å². The van der Waals surface area contributed by atoms with Gasteiger partial charge in [0.15, 0.2) is 0 Å². The summed E-state index contributed by atoms with van der Waals surface area (Å²) in [5.74, 6) is 3.61. The van der Waals surface area contributed by atoms with E-state index in [9.17, 15) is 0 Å². The Morgan fingerprint density at radius 2 is 2.00 bits per heavy atom. The average molecular weight is 208 g/mol. The van der Waals surface area contributed by atoms with Gasteiger partial charge >= 0.3 is 0 Å². The molecule has 14 heavy (non-hydrogen) atoms. The van der Waals surface area contributed by atoms with Crippen LogP contribution in [0.3, 0.4) is 0 Å². The molecule has 0 spiro atoms. The zero-order chi connectivity index (χ0) is 9.64. The van der Waals surface area contributed by atoms with Gasteiger partial charge in [-0.15, -0.1) is 0 Å². The highest BCUT2D eigenvalue weighted by Gasteiger charge is 2.17. The van der Waals surface area contributed by atoms with Crippen molar-refractivity contribution in [1.82, 2.24) is 0 Å². The van der Waals surface area contributed by atoms with Crippen LogP contribution in [-0.2, 0) is 11.3 Å². The number of thioether (sulfide) groups is 1. The average Bonchev–Trinajstić information content (AvgIpc) is 2.16. The second-order valence-corrected chi connectivity index (χ2v) is 4.81. The number of benzene rings is 1. The second kappa shape index (κ2) is 5.42. The van der Waals surface area contributed by atoms with Crippen molar-refractivity contribution in [3.8, 4) is 0 Å². The molecule has 0 radical (unpaired) electrons. The van der Waals surface area contributed by atoms with E-state index in [0.29, 0.717) is 0 Å². The van der Waals surface area contributed by atoms with Crippen LogP contribution >= 0.6 is 11.8 Å². The third-order valence-electron chi connectivity index (χ3n) is 2.49. The first-order valence-corrected chi connectivity index (χ1v) is 6.30. The fourth-order valence-corrected chi connectivity index (χ4v) is 2.37. The first-order chi connectivity index (χ1) is 6.95. The van der Waals surface area contributed by atoms with Crippen molar-refractivity contribution in [1.29, 1.82) is 0 Å². The fourth-order valence-electron chi connectivity index (χ4n) is 1.47. The van der Waals surface area contributed by atoms with Crippen LogP contribution < -0.4 is 0 Å². The lowest BCUT2D eigenvalue weighted by atomic mass is 10.1. The Morgan fingerprint density at radius 3 is 2.64 bits per heavy atom. The standard InChI is InChI=1S/C12H16OS/c1-2-4-11(5-3-1)8-13-7-6-12-9-14-10-12/h1-5,12H,6-10H2. The normalized spacial score (nSPS) is 16.6. The first kappa shape index (κ1) is 10.1. The number of hydrogen-bond donors (Lipinski definition) is 0. The Morgan fingerprint density at radius 1 is 1.21 bits per heavy atom. The van der Waals surface area contributed by atoms with Crippen LogP contribution in [0.2, 0.25) is 0 Å². The molecular weight excluding hydrogens is 192 g/mol. The Labute approximate surface area is 89.9 Å². The molecule has 2 heteroatoms. The summed E-state index contributed by atoms with van der Waals surface area (Å²) in [6.45, 7) is 1.68. The molecule has 0 atom stereocenters. The number of hydrogen-bond acceptors (Lipinski definition) is 2. The van der Waals surface area contributed by atoms with Crippen molar-refractivity contribution >= 4 is 11.8 Å². The van der Waals surface area contributed by atoms with Gasteiger partial charge < -0.3 is 4.74 Å². The maximum Gasteiger partial charge on any atom is 0.0716 e. The Kier molecular flexibility index (Phi) is 3.90. The predicted octanol–water partition coefficient (Wildman–Crippen LogP) is 2.96. The molecular formula is C12H16OS. The first-order valence-electron chi connectivity index (χ1n) is 5.14. The molecule has 0 aliphatic carbocycles. The van der Waals surface area contributed by atoms with Crippen molar-refractivity contribution < 1.29 is 4.74 Å². The van der Waals surface area contributed by atoms with Gasteiger partial charge in [0.25, 0.3) is 0 Å². The molecule has 0 saturated carbocycles. The lowest BCUT2D eigenvalue weighted by Crippen LogP contribution is -2.19. The second-order valence-electron chi connectivity index (χ2n) is 3.73. The molecule has 0 bridgehead atoms. The minimum absolute atomic E-state index is 0.765. The molecule has 0 N–H and O–H groups in total. The number of ether oxygens (including phenoxy) is 1. The van der Waals surface area contributed by atoms with Crippen LogP contribution in [-0.4, -0.2) is 18.1 Å². The summed E-state index contributed by atoms with van der Waals surface area (Å²) in [6.07, 6.45) is 1.24. The predicted molar refractivity (Wildman–Crippen MR) is 61.5 cm³/mol. The lowest BCUT2D eigenvalue weighted by Gasteiger charge is -2.24. The highest BCUT2D eigenvalue weighted by atomic mass is 32.2. The Bertz CT molecular complexity index is 256. The third-order valence-corrected chi connectivity index (χ3v) is 3.90. The van der Waals surface area contributed by atoms with E-state index in [1.165, 1.54) is 23.5 Å². The van der Waals surface area contributed by atoms with Crippen LogP contribution in [0.5, 0.6) is 0 Å². The van der Waals surface area contributed by atoms with Crippen molar-refractivity contribution in [2.75, 3.05) is 18.1 Å². The van der Waals surface area contributed by atoms with Gasteiger partial charge in [-0.25, -0.2) is 0 Å². The highest BCUT2D eigenvalue weighted by molar-refractivity contribution is 8.00. The van der Waals surface area contributed by atoms with Crippen LogP contribution in [0.25, 0.3) is 0 Å². The Hall–Kier alpha value is -0.470. The van der Waals surface area contributed by atoms with Crippen molar-refractivity contribution in [2.24, 2.45) is 5.92 Å². The van der Waals surface area contributed by atoms with Gasteiger partial charge in [0.05, 0.1) is 6.61 Å². The van der Waals surface area contributed by atoms with Crippen molar-refractivity contribution in [2.45, 2.75) is 13.0 Å². The zero-order valence-electron chi connectivity index (χ0n) is 8.32. The largest absolute Gasteiger partial charge is 0.377 e. The summed E-state index contributed by atoms with van der Waals surface area (Å²) in [5, 5.41) is 0. The van der Waals surface area contributed by atoms with Crippen molar-refractivity contribution in [3.63, 3.8) is 0 Å². The highest BCUT2D eigenvalue weighted by Crippen LogP contribution is 2.27. The molecule has 1 heterocycles. The summed E-state index contributed by atoms with van der Waals surface area (Å²) in [7, 11) is 0. The Balaban J connectivity index is 1.58. The van der Waals surface area contributed by atoms with Gasteiger partial charge in [0.1, 0.15) is 0 Å². The van der Waals surface area contributed by atoms with Gasteiger partial charge in [-0.05, 0) is 29.4 Å². The zero-order valence-corrected chi connectivity index (χ0v) is 9.13. The van der Waals surface area contributed by atoms with Crippen molar-refractivity contribution in [3.05, 3.63) is 35.9 Å². The molecule has 76 valence electrons. The maximum absolute atomic E-state index is 5.62. The monoisotopic (exact) mass is 208 g/mol. The molecule has 0 amide bonds. The quantitative estimate of drug-likeness (QED) is 0.688. The molecule has 1 aromatic rings. The third kappa shape index (κ3) is 3.03. The van der Waals surface area contributed by atoms with E-state index in [4.69, 9.17) is 4.74 Å². The van der Waals surface area contributed by atoms with E-state index in [1.54, 1.807) is 0 Å². The molecule has 1 aliphatic rings. The minimum Gasteiger partial charge on any atom is -0.377 e. The van der Waals surface area contributed by atoms with E-state index in [1.807, 2.05) is 17.8 Å². The maximum atomic E-state index is 5.62. The molecule has 1 saturated heterocycles. The summed E-state index contributed by atoms with van der Waals surface area (Å²) in [4.78, 5) is 0. The summed E-state index contributed by atoms with van der Waals surface area (Å²) in [5.41, 5.74) is 1.27. The van der Waals surface area contributed by atoms with Crippen LogP contribution in [0.15, 0.2) is 30.3 Å². The van der Waals surface area contributed by atoms with Gasteiger partial charge in [-0.1, -0.05) is 30.3 Å². The lowest BCUT2D eigenvalue weighted by molar-refractivity contribution is 0.110. The number of rotatable bonds is 5. The summed E-state index contributed by atoms with van der Waals surface area (Å²) in [6, 6.07) is 10.4. The van der Waals surface area contributed by atoms with Crippen LogP contribution in [0.1, 0.15) is 12.0 Å². The van der Waals surface area contributed by atoms with E-state index in [2.05, 4.69) is 24.3 Å². The van der Waals surface area contributed by atoms with E-state index in [-0.39, 0.29) is 0 Å². The molecule has 1 aromatic carbocycles. The topological polar surface area (TPSA) is 9.23 Å². The van der Waals surface area contributed by atoms with Crippen LogP contribution in [0.4, 0.5) is 0 Å². The SMILES string of the molecule is c1ccc(COCCC2CSC2)cc1. The van der Waals surface area contributed by atoms with Gasteiger partial charge in [0.2, 0.25) is 0 Å². The summed E-state index contributed by atoms with van der Waals surface area (Å²) < 4.78 is 5.62. The molecule has 2 rings (SSSR count). The van der Waals surface area contributed by atoms with Crippen LogP contribution in [0, 0.1) is 5.92 Å². The van der Waals surface area contributed by atoms with E-state index in [0.717, 1.165) is 19.1 Å². The van der Waals surface area contributed by atoms with Gasteiger partial charge in [0, 0.05) is 6.61 Å². The summed E-state index contributed by atoms with van der Waals surface area (Å²) >= 11 is 2.04. The van der Waals surface area contributed by atoms with Gasteiger partial charge in [-0.3, -0.25) is 0 Å². The molecule has 1 nitrogen and oxygen atoms in total. The van der Waals surface area contributed by atoms with Gasteiger partial charge in [-0.2, -0.15) is 11.8 Å². The molecule has 0 aromatic heterocycles. The minimum atomic E-state index is 0.765. The fraction of sp³-hybridized carbons (Fsp3) is 0.500. The van der Waals surface area contributed by atoms with E-state index >= 15 is 0 Å². The molecule has 1 aliphatic heterocycles. The molecule has 0 unspecified atom stereocenters. The smallest absolute Gasteiger partial charge is 0.0716 e. The molecule has 1 fully saturated rings.